The van der Waals surface area contributed by atoms with Gasteiger partial charge >= 0.3 is 187 Å². The summed E-state index contributed by atoms with van der Waals surface area (Å²) in [5.74, 6) is 0.536. The number of phenolic OH excluding ortho intramolecular Hbond substituents is 1. The van der Waals surface area contributed by atoms with Crippen molar-refractivity contribution in [1.29, 1.82) is 0 Å². The van der Waals surface area contributed by atoms with Gasteiger partial charge in [-0.15, -0.1) is 0 Å². The third kappa shape index (κ3) is 8.01. The quantitative estimate of drug-likeness (QED) is 0.127. The van der Waals surface area contributed by atoms with Crippen molar-refractivity contribution >= 4 is 33.8 Å². The molecule has 2 N–H and O–H groups in total. The average Bonchev–Trinajstić information content (AvgIpc) is 2.72. The summed E-state index contributed by atoms with van der Waals surface area (Å²) in [5, 5.41) is 21.1. The fraction of sp³-hybridized carbons (Fsp3) is 0.560. The number of hydrogen-bond donors (Lipinski definition) is 2. The Bertz CT molecular complexity index is 715. The Balaban J connectivity index is 3.55. The fourth-order valence-electron chi connectivity index (χ4n) is 4.05. The first-order valence-electron chi connectivity index (χ1n) is 11.3. The van der Waals surface area contributed by atoms with Gasteiger partial charge in [0.05, 0.1) is 0 Å². The van der Waals surface area contributed by atoms with E-state index in [0.717, 1.165) is 28.4 Å². The van der Waals surface area contributed by atoms with Gasteiger partial charge in [0.1, 0.15) is 0 Å². The summed E-state index contributed by atoms with van der Waals surface area (Å²) >= 11 is -2.88. The van der Waals surface area contributed by atoms with Crippen molar-refractivity contribution in [3.63, 3.8) is 0 Å². The van der Waals surface area contributed by atoms with Crippen LogP contribution in [0.25, 0.3) is 6.08 Å². The molecule has 0 fully saturated rings. The van der Waals surface area contributed by atoms with Crippen LogP contribution in [-0.4, -0.2) is 41.5 Å². The van der Waals surface area contributed by atoms with Crippen LogP contribution in [0.15, 0.2) is 30.0 Å². The molecule has 5 heteroatoms. The van der Waals surface area contributed by atoms with E-state index in [4.69, 9.17) is 4.74 Å². The summed E-state index contributed by atoms with van der Waals surface area (Å²) in [6, 6.07) is 3.92. The molecule has 0 amide bonds. The monoisotopic (exact) mass is 524 g/mol. The van der Waals surface area contributed by atoms with E-state index in [9.17, 15) is 15.0 Å². The first-order chi connectivity index (χ1) is 14.3. The van der Waals surface area contributed by atoms with Crippen molar-refractivity contribution in [2.24, 2.45) is 0 Å². The molecule has 4 nitrogen and oxygen atoms in total. The third-order valence-electron chi connectivity index (χ3n) is 5.71. The minimum atomic E-state index is -2.88. The number of hydrogen-bond acceptors (Lipinski definition) is 4. The number of methoxy groups -OCH3 is 1. The van der Waals surface area contributed by atoms with Crippen LogP contribution in [0.5, 0.6) is 11.5 Å². The number of aromatic hydroxyl groups is 1. The molecule has 0 aromatic heterocycles. The molecule has 0 saturated heterocycles. The predicted molar refractivity (Wildman–Crippen MR) is 130 cm³/mol. The van der Waals surface area contributed by atoms with E-state index < -0.39 is 18.4 Å². The molecule has 1 aromatic rings. The predicted octanol–water partition coefficient (Wildman–Crippen LogP) is 6.50. The van der Waals surface area contributed by atoms with E-state index in [0.29, 0.717) is 11.5 Å². The summed E-state index contributed by atoms with van der Waals surface area (Å²) in [6.45, 7) is 8.11. The number of ether oxygens (including phenoxy) is 1. The zero-order chi connectivity index (χ0) is 22.6. The Kier molecular flexibility index (Phi) is 12.2. The Morgan fingerprint density at radius 1 is 1.03 bits per heavy atom. The molecule has 30 heavy (non-hydrogen) atoms. The second-order valence-corrected chi connectivity index (χ2v) is 21.4. The first kappa shape index (κ1) is 26.6. The molecule has 0 unspecified atom stereocenters. The molecule has 0 bridgehead atoms. The van der Waals surface area contributed by atoms with Crippen LogP contribution in [0.4, 0.5) is 0 Å². The Morgan fingerprint density at radius 3 is 2.00 bits per heavy atom. The molecule has 0 atom stereocenters. The van der Waals surface area contributed by atoms with Crippen molar-refractivity contribution in [3.8, 4) is 11.5 Å². The molecule has 0 aliphatic rings. The van der Waals surface area contributed by atoms with E-state index in [-0.39, 0.29) is 11.5 Å². The van der Waals surface area contributed by atoms with Gasteiger partial charge in [-0.2, -0.15) is 0 Å². The van der Waals surface area contributed by atoms with Crippen molar-refractivity contribution in [2.75, 3.05) is 7.11 Å². The zero-order valence-electron chi connectivity index (χ0n) is 19.5. The van der Waals surface area contributed by atoms with Crippen LogP contribution in [-0.2, 0) is 4.79 Å². The van der Waals surface area contributed by atoms with Crippen LogP contribution >= 0.6 is 0 Å². The van der Waals surface area contributed by atoms with Crippen LogP contribution in [0.1, 0.15) is 71.8 Å². The molecule has 1 aromatic carbocycles. The van der Waals surface area contributed by atoms with Crippen molar-refractivity contribution in [2.45, 2.75) is 79.5 Å². The normalized spacial score (nSPS) is 12.5. The maximum atomic E-state index is 11.2. The molecule has 1 rings (SSSR count). The first-order valence-corrected chi connectivity index (χ1v) is 18.8. The number of aliphatic hydroxyl groups excluding tert-OH is 1. The third-order valence-corrected chi connectivity index (χ3v) is 21.3. The molecular formula is C25H40O4Sn. The molecule has 0 aliphatic heterocycles. The Morgan fingerprint density at radius 2 is 1.57 bits per heavy atom. The van der Waals surface area contributed by atoms with Gasteiger partial charge in [-0.25, -0.2) is 0 Å². The number of carbonyl (C=O) groups is 1. The van der Waals surface area contributed by atoms with Gasteiger partial charge in [0.15, 0.2) is 0 Å². The summed E-state index contributed by atoms with van der Waals surface area (Å²) in [6.07, 6.45) is 11.6. The summed E-state index contributed by atoms with van der Waals surface area (Å²) in [5.41, 5.74) is 0.883. The Hall–Kier alpha value is -1.43. The molecule has 0 spiro atoms. The number of phenols is 1. The van der Waals surface area contributed by atoms with Crippen LogP contribution in [0.3, 0.4) is 0 Å². The van der Waals surface area contributed by atoms with Crippen LogP contribution < -0.4 is 8.32 Å². The van der Waals surface area contributed by atoms with Gasteiger partial charge in [0.25, 0.3) is 0 Å². The van der Waals surface area contributed by atoms with Crippen molar-refractivity contribution in [3.05, 3.63) is 35.6 Å². The molecule has 0 radical (unpaired) electrons. The summed E-state index contributed by atoms with van der Waals surface area (Å²) < 4.78 is 10.4. The number of carbonyl (C=O) groups excluding carboxylic acids is 1. The van der Waals surface area contributed by atoms with Gasteiger partial charge in [-0.05, 0) is 0 Å². The summed E-state index contributed by atoms with van der Waals surface area (Å²) in [4.78, 5) is 11.2. The van der Waals surface area contributed by atoms with E-state index >= 15 is 0 Å². The fourth-order valence-corrected chi connectivity index (χ4v) is 20.5. The van der Waals surface area contributed by atoms with Crippen molar-refractivity contribution < 1.29 is 19.7 Å². The SMILES string of the molecule is CCC[CH2][Sn]([CH2]CCC)([CH2]CCC)[c]1cc(/C=C/C(O)=C/C(C)=O)cc(OC)c1O. The Labute approximate surface area is 186 Å². The standard InChI is InChI=1S/C13H13O4.3C4H9.Sn/c1-9(14)7-11(15)5-3-10-4-6-12(16)13(8-10)17-2;3*1-3-4-2;/h3-5,7-8,15-16H,1-2H3;3*1,3-4H2,2H3;/b5-3+,11-7-;;;;. The van der Waals surface area contributed by atoms with Crippen molar-refractivity contribution in [1.82, 2.24) is 0 Å². The van der Waals surface area contributed by atoms with E-state index in [1.54, 1.807) is 19.3 Å². The van der Waals surface area contributed by atoms with E-state index in [2.05, 4.69) is 26.8 Å². The van der Waals surface area contributed by atoms with Gasteiger partial charge in [0.2, 0.25) is 0 Å². The molecular weight excluding hydrogens is 483 g/mol. The van der Waals surface area contributed by atoms with Gasteiger partial charge in [-0.1, -0.05) is 0 Å². The number of allylic oxidation sites excluding steroid dienone is 2. The van der Waals surface area contributed by atoms with Gasteiger partial charge < -0.3 is 0 Å². The molecule has 168 valence electrons. The number of rotatable bonds is 14. The summed E-state index contributed by atoms with van der Waals surface area (Å²) in [7, 11) is 1.58. The zero-order valence-corrected chi connectivity index (χ0v) is 22.3. The molecule has 0 aliphatic carbocycles. The van der Waals surface area contributed by atoms with Gasteiger partial charge in [-0.3, -0.25) is 0 Å². The number of aliphatic hydroxyl groups is 1. The van der Waals surface area contributed by atoms with E-state index in [1.807, 2.05) is 0 Å². The second kappa shape index (κ2) is 13.8. The number of ketones is 1. The average molecular weight is 523 g/mol. The maximum absolute atomic E-state index is 11.2. The van der Waals surface area contributed by atoms with Crippen LogP contribution in [0, 0.1) is 0 Å². The number of benzene rings is 1. The topological polar surface area (TPSA) is 66.8 Å². The second-order valence-electron chi connectivity index (χ2n) is 8.22. The number of unbranched alkanes of at least 4 members (excludes halogenated alkanes) is 3. The minimum absolute atomic E-state index is 0.0752. The van der Waals surface area contributed by atoms with Crippen LogP contribution in [0.2, 0.25) is 13.3 Å². The van der Waals surface area contributed by atoms with Gasteiger partial charge in [0, 0.05) is 0 Å². The molecule has 0 heterocycles. The van der Waals surface area contributed by atoms with E-state index in [1.165, 1.54) is 51.6 Å². The molecule has 0 saturated carbocycles.